The van der Waals surface area contributed by atoms with E-state index in [1.54, 1.807) is 4.90 Å². The van der Waals surface area contributed by atoms with Crippen LogP contribution in [0.5, 0.6) is 0 Å². The molecule has 0 spiro atoms. The van der Waals surface area contributed by atoms with Crippen molar-refractivity contribution in [2.45, 2.75) is 38.9 Å². The van der Waals surface area contributed by atoms with Gasteiger partial charge in [0.1, 0.15) is 0 Å². The first-order valence-electron chi connectivity index (χ1n) is 5.23. The van der Waals surface area contributed by atoms with Crippen LogP contribution in [0.3, 0.4) is 0 Å². The van der Waals surface area contributed by atoms with E-state index in [0.717, 1.165) is 6.42 Å². The Morgan fingerprint density at radius 3 is 2.80 bits per heavy atom. The van der Waals surface area contributed by atoms with E-state index in [1.807, 2.05) is 13.8 Å². The lowest BCUT2D eigenvalue weighted by molar-refractivity contribution is -0.141. The molecule has 5 nitrogen and oxygen atoms in total. The number of nitrogens with one attached hydrogen (secondary N) is 1. The second-order valence-corrected chi connectivity index (χ2v) is 3.67. The number of hydrogen-bond acceptors (Lipinski definition) is 4. The molecule has 1 N–H and O–H groups in total. The van der Waals surface area contributed by atoms with Crippen molar-refractivity contribution in [1.29, 1.82) is 0 Å². The van der Waals surface area contributed by atoms with Gasteiger partial charge in [0.15, 0.2) is 0 Å². The number of esters is 1. The number of carbonyl (C=O) groups is 2. The van der Waals surface area contributed by atoms with Crippen LogP contribution >= 0.6 is 0 Å². The fraction of sp³-hybridized carbons (Fsp3) is 0.800. The number of ether oxygens (including phenoxy) is 1. The van der Waals surface area contributed by atoms with Crippen molar-refractivity contribution in [3.63, 3.8) is 0 Å². The summed E-state index contributed by atoms with van der Waals surface area (Å²) in [5, 5.41) is 3.17. The second kappa shape index (κ2) is 5.11. The van der Waals surface area contributed by atoms with Gasteiger partial charge in [-0.25, -0.2) is 0 Å². The van der Waals surface area contributed by atoms with E-state index in [9.17, 15) is 9.59 Å². The zero-order chi connectivity index (χ0) is 11.4. The van der Waals surface area contributed by atoms with Gasteiger partial charge in [0, 0.05) is 6.54 Å². The maximum absolute atomic E-state index is 11.7. The minimum atomic E-state index is -0.280. The molecule has 1 rings (SSSR count). The molecule has 0 saturated carbocycles. The van der Waals surface area contributed by atoms with E-state index in [0.29, 0.717) is 6.54 Å². The molecule has 1 fully saturated rings. The average Bonchev–Trinajstić information content (AvgIpc) is 2.52. The molecule has 1 saturated heterocycles. The number of nitrogens with zero attached hydrogens (tertiary/aromatic N) is 1. The highest BCUT2D eigenvalue weighted by Crippen LogP contribution is 2.13. The molecule has 0 bridgehead atoms. The van der Waals surface area contributed by atoms with E-state index >= 15 is 0 Å². The summed E-state index contributed by atoms with van der Waals surface area (Å²) in [6.07, 6.45) is 1.15. The fourth-order valence-corrected chi connectivity index (χ4v) is 1.77. The van der Waals surface area contributed by atoms with Crippen LogP contribution in [0.4, 0.5) is 0 Å². The van der Waals surface area contributed by atoms with E-state index < -0.39 is 0 Å². The Morgan fingerprint density at radius 1 is 1.60 bits per heavy atom. The van der Waals surface area contributed by atoms with Crippen molar-refractivity contribution in [2.24, 2.45) is 0 Å². The van der Waals surface area contributed by atoms with Gasteiger partial charge in [0.05, 0.1) is 25.7 Å². The number of methoxy groups -OCH3 is 1. The van der Waals surface area contributed by atoms with E-state index in [1.165, 1.54) is 7.11 Å². The molecule has 0 radical (unpaired) electrons. The summed E-state index contributed by atoms with van der Waals surface area (Å²) in [4.78, 5) is 24.4. The smallest absolute Gasteiger partial charge is 0.307 e. The first kappa shape index (κ1) is 12.0. The predicted octanol–water partition coefficient (Wildman–Crippen LogP) is 0.106. The average molecular weight is 214 g/mol. The van der Waals surface area contributed by atoms with Crippen molar-refractivity contribution < 1.29 is 14.3 Å². The molecule has 5 heteroatoms. The summed E-state index contributed by atoms with van der Waals surface area (Å²) in [7, 11) is 1.35. The van der Waals surface area contributed by atoms with Gasteiger partial charge in [-0.05, 0) is 13.3 Å². The third-order valence-corrected chi connectivity index (χ3v) is 2.64. The van der Waals surface area contributed by atoms with Crippen LogP contribution in [0, 0.1) is 0 Å². The maximum Gasteiger partial charge on any atom is 0.307 e. The standard InChI is InChI=1S/C10H18N2O3/c1-4-8-11-7(2)10(14)12(8)6-5-9(13)15-3/h7-8,11H,4-6H2,1-3H3. The molecule has 15 heavy (non-hydrogen) atoms. The third kappa shape index (κ3) is 2.68. The van der Waals surface area contributed by atoms with Gasteiger partial charge in [-0.15, -0.1) is 0 Å². The summed E-state index contributed by atoms with van der Waals surface area (Å²) in [6, 6.07) is -0.146. The van der Waals surface area contributed by atoms with Crippen LogP contribution in [-0.2, 0) is 14.3 Å². The molecule has 1 aliphatic rings. The number of hydrogen-bond donors (Lipinski definition) is 1. The highest BCUT2D eigenvalue weighted by Gasteiger charge is 2.34. The molecular weight excluding hydrogens is 196 g/mol. The van der Waals surface area contributed by atoms with Crippen molar-refractivity contribution in [3.8, 4) is 0 Å². The van der Waals surface area contributed by atoms with Crippen molar-refractivity contribution in [3.05, 3.63) is 0 Å². The first-order chi connectivity index (χ1) is 7.10. The Kier molecular flexibility index (Phi) is 4.08. The van der Waals surface area contributed by atoms with Gasteiger partial charge in [-0.2, -0.15) is 0 Å². The van der Waals surface area contributed by atoms with Gasteiger partial charge in [-0.3, -0.25) is 14.9 Å². The lowest BCUT2D eigenvalue weighted by atomic mass is 10.3. The lowest BCUT2D eigenvalue weighted by Gasteiger charge is -2.22. The molecule has 1 heterocycles. The number of amides is 1. The molecule has 1 amide bonds. The zero-order valence-electron chi connectivity index (χ0n) is 9.45. The highest BCUT2D eigenvalue weighted by atomic mass is 16.5. The Balaban J connectivity index is 2.51. The molecule has 1 aliphatic heterocycles. The molecule has 0 aromatic heterocycles. The SMILES string of the molecule is CCC1NC(C)C(=O)N1CCC(=O)OC. The van der Waals surface area contributed by atoms with Crippen LogP contribution in [0.2, 0.25) is 0 Å². The first-order valence-corrected chi connectivity index (χ1v) is 5.23. The summed E-state index contributed by atoms with van der Waals surface area (Å²) >= 11 is 0. The monoisotopic (exact) mass is 214 g/mol. The van der Waals surface area contributed by atoms with Crippen LogP contribution < -0.4 is 5.32 Å². The predicted molar refractivity (Wildman–Crippen MR) is 55.0 cm³/mol. The van der Waals surface area contributed by atoms with Gasteiger partial charge in [0.25, 0.3) is 0 Å². The van der Waals surface area contributed by atoms with Gasteiger partial charge < -0.3 is 9.64 Å². The van der Waals surface area contributed by atoms with Crippen LogP contribution in [-0.4, -0.2) is 42.6 Å². The number of rotatable bonds is 4. The Hall–Kier alpha value is -1.10. The normalized spacial score (nSPS) is 25.8. The van der Waals surface area contributed by atoms with Crippen LogP contribution in [0.1, 0.15) is 26.7 Å². The molecule has 86 valence electrons. The molecule has 0 aliphatic carbocycles. The second-order valence-electron chi connectivity index (χ2n) is 3.67. The Labute approximate surface area is 89.8 Å². The Morgan fingerprint density at radius 2 is 2.27 bits per heavy atom. The summed E-state index contributed by atoms with van der Waals surface area (Å²) in [5.74, 6) is -0.219. The Bertz CT molecular complexity index is 255. The molecule has 0 aromatic carbocycles. The largest absolute Gasteiger partial charge is 0.469 e. The molecule has 2 unspecified atom stereocenters. The maximum atomic E-state index is 11.7. The van der Waals surface area contributed by atoms with Crippen molar-refractivity contribution >= 4 is 11.9 Å². The summed E-state index contributed by atoms with van der Waals surface area (Å²) in [5.41, 5.74) is 0. The van der Waals surface area contributed by atoms with Gasteiger partial charge in [-0.1, -0.05) is 6.92 Å². The molecular formula is C10H18N2O3. The summed E-state index contributed by atoms with van der Waals surface area (Å²) < 4.78 is 4.54. The van der Waals surface area contributed by atoms with Crippen LogP contribution in [0.25, 0.3) is 0 Å². The lowest BCUT2D eigenvalue weighted by Crippen LogP contribution is -2.38. The number of carbonyl (C=O) groups excluding carboxylic acids is 2. The quantitative estimate of drug-likeness (QED) is 0.675. The molecule has 2 atom stereocenters. The van der Waals surface area contributed by atoms with Crippen molar-refractivity contribution in [2.75, 3.05) is 13.7 Å². The fourth-order valence-electron chi connectivity index (χ4n) is 1.77. The minimum Gasteiger partial charge on any atom is -0.469 e. The highest BCUT2D eigenvalue weighted by molar-refractivity contribution is 5.84. The van der Waals surface area contributed by atoms with E-state index in [-0.39, 0.29) is 30.5 Å². The van der Waals surface area contributed by atoms with Gasteiger partial charge >= 0.3 is 5.97 Å². The van der Waals surface area contributed by atoms with Crippen molar-refractivity contribution in [1.82, 2.24) is 10.2 Å². The van der Waals surface area contributed by atoms with E-state index in [2.05, 4.69) is 10.1 Å². The van der Waals surface area contributed by atoms with Gasteiger partial charge in [0.2, 0.25) is 5.91 Å². The minimum absolute atomic E-state index is 0.0529. The summed E-state index contributed by atoms with van der Waals surface area (Å²) in [6.45, 7) is 4.28. The third-order valence-electron chi connectivity index (χ3n) is 2.64. The van der Waals surface area contributed by atoms with E-state index in [4.69, 9.17) is 0 Å². The molecule has 0 aromatic rings. The van der Waals surface area contributed by atoms with Crippen LogP contribution in [0.15, 0.2) is 0 Å². The topological polar surface area (TPSA) is 58.6 Å². The zero-order valence-corrected chi connectivity index (χ0v) is 9.45.